The molecule has 0 radical (unpaired) electrons. The molecule has 188 valence electrons. The summed E-state index contributed by atoms with van der Waals surface area (Å²) in [7, 11) is 4.19. The van der Waals surface area contributed by atoms with E-state index in [0.29, 0.717) is 24.7 Å². The molecule has 9 heteroatoms. The number of nitrogens with one attached hydrogen (secondary N) is 3. The lowest BCUT2D eigenvalue weighted by atomic mass is 10.1. The average Bonchev–Trinajstić information content (AvgIpc) is 3.32. The Bertz CT molecular complexity index is 1350. The Labute approximate surface area is 216 Å². The van der Waals surface area contributed by atoms with Gasteiger partial charge in [-0.2, -0.15) is 0 Å². The summed E-state index contributed by atoms with van der Waals surface area (Å²) < 4.78 is 0. The quantitative estimate of drug-likeness (QED) is 0.266. The first-order valence-corrected chi connectivity index (χ1v) is 12.8. The second-order valence-electron chi connectivity index (χ2n) is 9.08. The first-order valence-electron chi connectivity index (χ1n) is 12.0. The fourth-order valence-electron chi connectivity index (χ4n) is 4.03. The van der Waals surface area contributed by atoms with Gasteiger partial charge in [-0.05, 0) is 57.3 Å². The molecule has 3 N–H and O–H groups in total. The van der Waals surface area contributed by atoms with E-state index in [4.69, 9.17) is 4.98 Å². The maximum atomic E-state index is 11.1. The summed E-state index contributed by atoms with van der Waals surface area (Å²) in [5.41, 5.74) is 3.38. The Morgan fingerprint density at radius 1 is 1.11 bits per heavy atom. The number of amides is 1. The molecule has 8 nitrogen and oxygen atoms in total. The highest BCUT2D eigenvalue weighted by Crippen LogP contribution is 2.35. The van der Waals surface area contributed by atoms with Crippen LogP contribution in [0.5, 0.6) is 0 Å². The lowest BCUT2D eigenvalue weighted by Crippen LogP contribution is -2.26. The Kier molecular flexibility index (Phi) is 8.12. The number of anilines is 2. The molecule has 36 heavy (non-hydrogen) atoms. The minimum Gasteiger partial charge on any atom is -0.368 e. The van der Waals surface area contributed by atoms with Crippen molar-refractivity contribution >= 4 is 39.8 Å². The molecule has 3 aromatic heterocycles. The van der Waals surface area contributed by atoms with Gasteiger partial charge in [0.2, 0.25) is 5.91 Å². The number of rotatable bonds is 10. The van der Waals surface area contributed by atoms with Crippen molar-refractivity contribution in [3.8, 4) is 10.4 Å². The molecule has 0 fully saturated rings. The molecular weight excluding hydrogens is 470 g/mol. The van der Waals surface area contributed by atoms with E-state index < -0.39 is 0 Å². The number of carbonyl (C=O) groups excluding carboxylic acids is 1. The highest BCUT2D eigenvalue weighted by Gasteiger charge is 2.15. The second kappa shape index (κ2) is 11.5. The normalized spacial score (nSPS) is 12.1. The number of fused-ring (bicyclic) bond motifs is 1. The van der Waals surface area contributed by atoms with Gasteiger partial charge in [-0.1, -0.05) is 24.3 Å². The van der Waals surface area contributed by atoms with Gasteiger partial charge in [0, 0.05) is 41.7 Å². The Hall–Kier alpha value is -3.56. The first-order chi connectivity index (χ1) is 17.3. The number of aromatic nitrogens is 3. The van der Waals surface area contributed by atoms with Gasteiger partial charge >= 0.3 is 0 Å². The third-order valence-electron chi connectivity index (χ3n) is 5.68. The summed E-state index contributed by atoms with van der Waals surface area (Å²) in [6.45, 7) is 7.56. The fourth-order valence-corrected chi connectivity index (χ4v) is 5.10. The van der Waals surface area contributed by atoms with Crippen molar-refractivity contribution in [2.24, 2.45) is 0 Å². The molecule has 0 aliphatic heterocycles. The lowest BCUT2D eigenvalue weighted by Gasteiger charge is -2.16. The van der Waals surface area contributed by atoms with Crippen LogP contribution in [0.1, 0.15) is 36.2 Å². The van der Waals surface area contributed by atoms with Gasteiger partial charge in [-0.3, -0.25) is 4.79 Å². The van der Waals surface area contributed by atoms with Crippen LogP contribution in [0.3, 0.4) is 0 Å². The van der Waals surface area contributed by atoms with E-state index in [-0.39, 0.29) is 11.9 Å². The van der Waals surface area contributed by atoms with Crippen molar-refractivity contribution < 1.29 is 4.79 Å². The number of nitrogens with zero attached hydrogens (tertiary/aromatic N) is 4. The van der Waals surface area contributed by atoms with Gasteiger partial charge in [0.1, 0.15) is 17.5 Å². The number of hydrogen-bond acceptors (Lipinski definition) is 8. The topological polar surface area (TPSA) is 95.1 Å². The Morgan fingerprint density at radius 2 is 1.92 bits per heavy atom. The summed E-state index contributed by atoms with van der Waals surface area (Å²) in [5.74, 6) is 2.13. The van der Waals surface area contributed by atoms with Crippen LogP contribution < -0.4 is 16.0 Å². The molecule has 1 aromatic carbocycles. The molecular formula is C27H33N7OS. The smallest absolute Gasteiger partial charge is 0.216 e. The summed E-state index contributed by atoms with van der Waals surface area (Å²) >= 11 is 1.80. The van der Waals surface area contributed by atoms with Gasteiger partial charge in [0.05, 0.1) is 17.8 Å². The number of pyridine rings is 1. The fraction of sp³-hybridized carbons (Fsp3) is 0.333. The van der Waals surface area contributed by atoms with Crippen molar-refractivity contribution in [2.45, 2.75) is 33.4 Å². The number of benzene rings is 1. The van der Waals surface area contributed by atoms with E-state index in [9.17, 15) is 4.79 Å². The van der Waals surface area contributed by atoms with E-state index in [1.54, 1.807) is 17.5 Å². The zero-order valence-electron chi connectivity index (χ0n) is 21.4. The number of hydrogen-bond donors (Lipinski definition) is 3. The van der Waals surface area contributed by atoms with Crippen LogP contribution in [0.15, 0.2) is 48.7 Å². The Morgan fingerprint density at radius 3 is 2.69 bits per heavy atom. The highest BCUT2D eigenvalue weighted by atomic mass is 32.1. The van der Waals surface area contributed by atoms with Crippen molar-refractivity contribution in [3.63, 3.8) is 0 Å². The average molecular weight is 504 g/mol. The molecule has 3 heterocycles. The number of aryl methyl sites for hydroxylation is 1. The molecule has 0 aliphatic carbocycles. The van der Waals surface area contributed by atoms with Gasteiger partial charge in [0.25, 0.3) is 0 Å². The van der Waals surface area contributed by atoms with Crippen molar-refractivity contribution in [1.82, 2.24) is 25.2 Å². The molecule has 1 atom stereocenters. The summed E-state index contributed by atoms with van der Waals surface area (Å²) in [4.78, 5) is 29.5. The maximum absolute atomic E-state index is 11.1. The zero-order valence-corrected chi connectivity index (χ0v) is 22.2. The zero-order chi connectivity index (χ0) is 25.7. The van der Waals surface area contributed by atoms with Gasteiger partial charge in [-0.25, -0.2) is 15.0 Å². The molecule has 0 spiro atoms. The van der Waals surface area contributed by atoms with Crippen molar-refractivity contribution in [2.75, 3.05) is 37.8 Å². The third-order valence-corrected chi connectivity index (χ3v) is 6.98. The molecule has 0 bridgehead atoms. The molecule has 0 aliphatic rings. The van der Waals surface area contributed by atoms with E-state index in [2.05, 4.69) is 88.2 Å². The predicted molar refractivity (Wildman–Crippen MR) is 148 cm³/mol. The number of thiophene rings is 1. The molecule has 0 saturated heterocycles. The monoisotopic (exact) mass is 503 g/mol. The van der Waals surface area contributed by atoms with Gasteiger partial charge in [-0.15, -0.1) is 11.3 Å². The van der Waals surface area contributed by atoms with Crippen LogP contribution in [0, 0.1) is 6.92 Å². The van der Waals surface area contributed by atoms with Crippen molar-refractivity contribution in [1.29, 1.82) is 0 Å². The van der Waals surface area contributed by atoms with Gasteiger partial charge in [0.15, 0.2) is 0 Å². The summed E-state index contributed by atoms with van der Waals surface area (Å²) in [6, 6.07) is 15.0. The van der Waals surface area contributed by atoms with Crippen molar-refractivity contribution in [3.05, 3.63) is 64.9 Å². The van der Waals surface area contributed by atoms with Gasteiger partial charge < -0.3 is 20.9 Å². The summed E-state index contributed by atoms with van der Waals surface area (Å²) in [6.07, 6.45) is 1.76. The minimum atomic E-state index is -0.0504. The van der Waals surface area contributed by atoms with E-state index in [0.717, 1.165) is 23.3 Å². The first kappa shape index (κ1) is 25.5. The summed E-state index contributed by atoms with van der Waals surface area (Å²) in [5, 5.41) is 10.5. The Balaban J connectivity index is 1.55. The molecule has 1 amide bonds. The van der Waals surface area contributed by atoms with Crippen LogP contribution in [0.4, 0.5) is 11.6 Å². The SMILES string of the molecule is CC(=O)NCCNc1cc2c(NC(C)c3ccc(-c4ccccc4CN(C)C)s3)nc(C)nc2cn1. The maximum Gasteiger partial charge on any atom is 0.216 e. The van der Waals surface area contributed by atoms with Crippen LogP contribution >= 0.6 is 11.3 Å². The van der Waals surface area contributed by atoms with Crippen LogP contribution in [-0.4, -0.2) is 52.9 Å². The molecule has 4 aromatic rings. The second-order valence-corrected chi connectivity index (χ2v) is 10.2. The molecule has 1 unspecified atom stereocenters. The van der Waals surface area contributed by atoms with E-state index >= 15 is 0 Å². The molecule has 4 rings (SSSR count). The third kappa shape index (κ3) is 6.35. The predicted octanol–water partition coefficient (Wildman–Crippen LogP) is 4.84. The largest absolute Gasteiger partial charge is 0.368 e. The van der Waals surface area contributed by atoms with E-state index in [1.165, 1.54) is 27.8 Å². The van der Waals surface area contributed by atoms with Crippen LogP contribution in [-0.2, 0) is 11.3 Å². The standard InChI is InChI=1S/C27H33N7OS/c1-17(24-10-11-25(36-24)21-9-7-6-8-20(21)16-34(4)5)31-27-22-14-26(29-13-12-28-19(3)35)30-15-23(22)32-18(2)33-27/h6-11,14-15,17H,12-13,16H2,1-5H3,(H,28,35)(H,29,30)(H,31,32,33). The lowest BCUT2D eigenvalue weighted by molar-refractivity contribution is -0.118. The van der Waals surface area contributed by atoms with Crippen LogP contribution in [0.2, 0.25) is 0 Å². The molecule has 0 saturated carbocycles. The number of carbonyl (C=O) groups is 1. The minimum absolute atomic E-state index is 0.0504. The van der Waals surface area contributed by atoms with E-state index in [1.807, 2.05) is 13.0 Å². The van der Waals surface area contributed by atoms with Crippen LogP contribution in [0.25, 0.3) is 21.3 Å². The highest BCUT2D eigenvalue weighted by molar-refractivity contribution is 7.15.